The summed E-state index contributed by atoms with van der Waals surface area (Å²) in [6, 6.07) is 2.01. The molecular weight excluding hydrogens is 278 g/mol. The molecule has 0 saturated carbocycles. The maximum absolute atomic E-state index is 11.9. The molecule has 1 aromatic rings. The lowest BCUT2D eigenvalue weighted by Crippen LogP contribution is -2.14. The molecule has 0 aliphatic heterocycles. The fraction of sp³-hybridized carbons (Fsp3) is 0.444. The zero-order valence-electron chi connectivity index (χ0n) is 14.0. The third-order valence-corrected chi connectivity index (χ3v) is 4.31. The largest absolute Gasteiger partial charge is 0.496 e. The molecule has 0 N–H and O–H groups in total. The third-order valence-electron chi connectivity index (χ3n) is 4.31. The first-order valence-electron chi connectivity index (χ1n) is 7.16. The molecule has 0 bridgehead atoms. The highest BCUT2D eigenvalue weighted by molar-refractivity contribution is 6.01. The minimum Gasteiger partial charge on any atom is -0.496 e. The molecule has 22 heavy (non-hydrogen) atoms. The number of carbonyl (C=O) groups excluding carboxylic acids is 1. The Bertz CT molecular complexity index is 721. The van der Waals surface area contributed by atoms with Crippen LogP contribution in [0.1, 0.15) is 42.5 Å². The van der Waals surface area contributed by atoms with E-state index in [0.717, 1.165) is 33.6 Å². The van der Waals surface area contributed by atoms with Crippen molar-refractivity contribution in [2.45, 2.75) is 39.5 Å². The number of ether oxygens (including phenoxy) is 2. The van der Waals surface area contributed by atoms with Crippen LogP contribution in [-0.4, -0.2) is 20.2 Å². The van der Waals surface area contributed by atoms with E-state index < -0.39 is 5.97 Å². The molecule has 1 aliphatic carbocycles. The van der Waals surface area contributed by atoms with Gasteiger partial charge >= 0.3 is 5.97 Å². The van der Waals surface area contributed by atoms with Gasteiger partial charge in [-0.05, 0) is 59.6 Å². The molecule has 1 aromatic carbocycles. The second-order valence-electron chi connectivity index (χ2n) is 6.27. The molecule has 0 heterocycles. The van der Waals surface area contributed by atoms with Crippen molar-refractivity contribution in [3.8, 4) is 5.75 Å². The number of nitrogens with zero attached hydrogens (tertiary/aromatic N) is 1. The van der Waals surface area contributed by atoms with Crippen LogP contribution in [-0.2, 0) is 14.9 Å². The molecule has 116 valence electrons. The van der Waals surface area contributed by atoms with Gasteiger partial charge in [0.15, 0.2) is 0 Å². The Labute approximate surface area is 131 Å². The Balaban J connectivity index is 2.84. The van der Waals surface area contributed by atoms with E-state index in [9.17, 15) is 4.79 Å². The normalized spacial score (nSPS) is 17.5. The van der Waals surface area contributed by atoms with Crippen LogP contribution in [0.4, 0.5) is 0 Å². The van der Waals surface area contributed by atoms with Crippen molar-refractivity contribution in [3.05, 3.63) is 45.4 Å². The van der Waals surface area contributed by atoms with Crippen LogP contribution in [0.25, 0.3) is 10.4 Å². The summed E-state index contributed by atoms with van der Waals surface area (Å²) in [5, 5.41) is 0. The molecule has 0 atom stereocenters. The number of hydrogen-bond acceptors (Lipinski definition) is 3. The van der Waals surface area contributed by atoms with E-state index in [4.69, 9.17) is 16.0 Å². The number of aryl methyl sites for hydroxylation is 1. The monoisotopic (exact) mass is 299 g/mol. The molecule has 2 rings (SSSR count). The zero-order valence-corrected chi connectivity index (χ0v) is 14.0. The average molecular weight is 299 g/mol. The van der Waals surface area contributed by atoms with Crippen molar-refractivity contribution in [1.82, 2.24) is 0 Å². The average Bonchev–Trinajstić information content (AvgIpc) is 2.71. The van der Waals surface area contributed by atoms with Gasteiger partial charge in [-0.15, -0.1) is 0 Å². The Morgan fingerprint density at radius 2 is 1.95 bits per heavy atom. The van der Waals surface area contributed by atoms with E-state index in [1.807, 2.05) is 19.9 Å². The number of carbonyl (C=O) groups is 1. The summed E-state index contributed by atoms with van der Waals surface area (Å²) in [5.41, 5.74) is 4.90. The van der Waals surface area contributed by atoms with Crippen molar-refractivity contribution in [1.29, 1.82) is 0 Å². The zero-order chi connectivity index (χ0) is 16.7. The maximum Gasteiger partial charge on any atom is 0.336 e. The number of rotatable bonds is 2. The van der Waals surface area contributed by atoms with Crippen molar-refractivity contribution in [3.63, 3.8) is 0 Å². The summed E-state index contributed by atoms with van der Waals surface area (Å²) < 4.78 is 10.3. The van der Waals surface area contributed by atoms with Gasteiger partial charge in [0.2, 0.25) is 0 Å². The second kappa shape index (κ2) is 5.49. The third kappa shape index (κ3) is 2.27. The van der Waals surface area contributed by atoms with Gasteiger partial charge in [-0.1, -0.05) is 13.8 Å². The standard InChI is InChI=1S/C18H21NO3/c1-10-8-12-13(15(19-5)17(20)22-7)9-18(3,4)14(12)11(2)16(10)21-6/h8H,9H2,1-4,6-7H3. The van der Waals surface area contributed by atoms with Crippen LogP contribution in [0.5, 0.6) is 5.75 Å². The summed E-state index contributed by atoms with van der Waals surface area (Å²) in [4.78, 5) is 15.4. The molecule has 0 spiro atoms. The Morgan fingerprint density at radius 3 is 2.45 bits per heavy atom. The van der Waals surface area contributed by atoms with E-state index in [-0.39, 0.29) is 11.1 Å². The highest BCUT2D eigenvalue weighted by Crippen LogP contribution is 2.50. The molecule has 0 radical (unpaired) electrons. The fourth-order valence-corrected chi connectivity index (χ4v) is 3.56. The number of esters is 1. The first kappa shape index (κ1) is 16.1. The van der Waals surface area contributed by atoms with E-state index >= 15 is 0 Å². The maximum atomic E-state index is 11.9. The smallest absolute Gasteiger partial charge is 0.336 e. The Hall–Kier alpha value is -2.28. The molecule has 0 amide bonds. The van der Waals surface area contributed by atoms with Gasteiger partial charge in [0, 0.05) is 0 Å². The van der Waals surface area contributed by atoms with Crippen LogP contribution >= 0.6 is 0 Å². The lowest BCUT2D eigenvalue weighted by atomic mass is 9.83. The van der Waals surface area contributed by atoms with Crippen molar-refractivity contribution in [2.24, 2.45) is 0 Å². The molecular formula is C18H21NO3. The molecule has 1 aliphatic rings. The van der Waals surface area contributed by atoms with E-state index in [1.54, 1.807) is 7.11 Å². The topological polar surface area (TPSA) is 39.9 Å². The SMILES string of the molecule is [C-]#[N+]C(C(=O)OC)=C1CC(C)(C)c2c1cc(C)c(OC)c2C. The first-order valence-corrected chi connectivity index (χ1v) is 7.16. The molecule has 0 fully saturated rings. The van der Waals surface area contributed by atoms with Gasteiger partial charge in [0.25, 0.3) is 5.70 Å². The molecule has 0 saturated heterocycles. The fourth-order valence-electron chi connectivity index (χ4n) is 3.56. The minimum absolute atomic E-state index is 0.0818. The molecule has 4 nitrogen and oxygen atoms in total. The van der Waals surface area contributed by atoms with Crippen molar-refractivity contribution < 1.29 is 14.3 Å². The van der Waals surface area contributed by atoms with Crippen LogP contribution in [0.15, 0.2) is 11.8 Å². The van der Waals surface area contributed by atoms with Gasteiger partial charge in [-0.3, -0.25) is 4.79 Å². The first-order chi connectivity index (χ1) is 10.3. The van der Waals surface area contributed by atoms with Crippen molar-refractivity contribution in [2.75, 3.05) is 14.2 Å². The predicted molar refractivity (Wildman–Crippen MR) is 85.6 cm³/mol. The summed E-state index contributed by atoms with van der Waals surface area (Å²) in [5.74, 6) is 0.301. The number of allylic oxidation sites excluding steroid dienone is 1. The quantitative estimate of drug-likeness (QED) is 0.474. The number of benzene rings is 1. The summed E-state index contributed by atoms with van der Waals surface area (Å²) in [7, 11) is 2.97. The molecule has 4 heteroatoms. The lowest BCUT2D eigenvalue weighted by molar-refractivity contribution is -0.135. The highest BCUT2D eigenvalue weighted by Gasteiger charge is 2.38. The van der Waals surface area contributed by atoms with Crippen LogP contribution in [0, 0.1) is 20.4 Å². The number of hydrogen-bond donors (Lipinski definition) is 0. The van der Waals surface area contributed by atoms with Crippen LogP contribution < -0.4 is 4.74 Å². The van der Waals surface area contributed by atoms with Crippen molar-refractivity contribution >= 4 is 11.5 Å². The van der Waals surface area contributed by atoms with Gasteiger partial charge in [0.1, 0.15) is 5.75 Å². The summed E-state index contributed by atoms with van der Waals surface area (Å²) in [6.07, 6.45) is 0.641. The van der Waals surface area contributed by atoms with Gasteiger partial charge < -0.3 is 9.47 Å². The van der Waals surface area contributed by atoms with E-state index in [1.165, 1.54) is 7.11 Å². The van der Waals surface area contributed by atoms with Crippen LogP contribution in [0.2, 0.25) is 0 Å². The molecule has 0 aromatic heterocycles. The van der Waals surface area contributed by atoms with Crippen LogP contribution in [0.3, 0.4) is 0 Å². The lowest BCUT2D eigenvalue weighted by Gasteiger charge is -2.23. The van der Waals surface area contributed by atoms with Gasteiger partial charge in [0.05, 0.1) is 20.8 Å². The molecule has 0 unspecified atom stereocenters. The van der Waals surface area contributed by atoms with E-state index in [0.29, 0.717) is 6.42 Å². The Kier molecular flexibility index (Phi) is 4.02. The Morgan fingerprint density at radius 1 is 1.32 bits per heavy atom. The van der Waals surface area contributed by atoms with Gasteiger partial charge in [-0.25, -0.2) is 4.85 Å². The summed E-state index contributed by atoms with van der Waals surface area (Å²) >= 11 is 0. The highest BCUT2D eigenvalue weighted by atomic mass is 16.5. The second-order valence-corrected chi connectivity index (χ2v) is 6.27. The number of fused-ring (bicyclic) bond motifs is 1. The van der Waals surface area contributed by atoms with Gasteiger partial charge in [-0.2, -0.15) is 0 Å². The predicted octanol–water partition coefficient (Wildman–Crippen LogP) is 3.80. The summed E-state index contributed by atoms with van der Waals surface area (Å²) in [6.45, 7) is 15.6. The van der Waals surface area contributed by atoms with E-state index in [2.05, 4.69) is 18.7 Å². The minimum atomic E-state index is -0.570. The number of methoxy groups -OCH3 is 2.